The lowest BCUT2D eigenvalue weighted by Crippen LogP contribution is -2.35. The van der Waals surface area contributed by atoms with Crippen LogP contribution in [0.2, 0.25) is 0 Å². The van der Waals surface area contributed by atoms with Gasteiger partial charge in [0.2, 0.25) is 0 Å². The maximum Gasteiger partial charge on any atom is 0.338 e. The van der Waals surface area contributed by atoms with E-state index in [2.05, 4.69) is 20.8 Å². The number of imide groups is 1. The van der Waals surface area contributed by atoms with E-state index < -0.39 is 17.8 Å². The molecule has 2 aromatic carbocycles. The molecule has 0 radical (unpaired) electrons. The third kappa shape index (κ3) is 4.01. The van der Waals surface area contributed by atoms with Crippen LogP contribution in [0.1, 0.15) is 71.1 Å². The maximum atomic E-state index is 13.0. The van der Waals surface area contributed by atoms with Crippen molar-refractivity contribution in [1.82, 2.24) is 0 Å². The largest absolute Gasteiger partial charge is 0.497 e. The summed E-state index contributed by atoms with van der Waals surface area (Å²) in [7, 11) is 1.55. The molecule has 6 heteroatoms. The van der Waals surface area contributed by atoms with Crippen LogP contribution < -0.4 is 9.64 Å². The summed E-state index contributed by atoms with van der Waals surface area (Å²) in [6.07, 6.45) is 2.91. The standard InChI is InChI=1S/C26H29NO5/c1-15(2)20-11-5-16(3)13-23(20)32-26(30)17-6-12-21-22(14-17)25(29)27(24(21)28)18-7-9-19(31-4)10-8-18/h6-10,12,14-16,20,23H,5,11,13H2,1-4H3/t16-,20-,23+/m1/s1. The van der Waals surface area contributed by atoms with E-state index in [9.17, 15) is 14.4 Å². The lowest BCUT2D eigenvalue weighted by Gasteiger charge is -2.36. The first kappa shape index (κ1) is 22.1. The molecule has 0 aromatic heterocycles. The van der Waals surface area contributed by atoms with Crippen molar-refractivity contribution in [3.05, 3.63) is 59.2 Å². The number of nitrogens with zero attached hydrogens (tertiary/aromatic N) is 1. The zero-order valence-electron chi connectivity index (χ0n) is 19.0. The molecule has 2 amide bonds. The zero-order valence-corrected chi connectivity index (χ0v) is 19.0. The number of methoxy groups -OCH3 is 1. The fourth-order valence-electron chi connectivity index (χ4n) is 4.79. The lowest BCUT2D eigenvalue weighted by atomic mass is 9.75. The van der Waals surface area contributed by atoms with Crippen LogP contribution in [0.5, 0.6) is 5.75 Å². The summed E-state index contributed by atoms with van der Waals surface area (Å²) in [4.78, 5) is 40.0. The Morgan fingerprint density at radius 1 is 1.00 bits per heavy atom. The van der Waals surface area contributed by atoms with Crippen molar-refractivity contribution < 1.29 is 23.9 Å². The number of ether oxygens (including phenoxy) is 2. The third-order valence-electron chi connectivity index (χ3n) is 6.67. The van der Waals surface area contributed by atoms with Crippen LogP contribution >= 0.6 is 0 Å². The summed E-state index contributed by atoms with van der Waals surface area (Å²) in [6, 6.07) is 11.3. The number of benzene rings is 2. The number of esters is 1. The van der Waals surface area contributed by atoms with Crippen molar-refractivity contribution in [2.24, 2.45) is 17.8 Å². The molecule has 32 heavy (non-hydrogen) atoms. The van der Waals surface area contributed by atoms with E-state index in [1.165, 1.54) is 6.07 Å². The molecule has 3 atom stereocenters. The summed E-state index contributed by atoms with van der Waals surface area (Å²) in [5, 5.41) is 0. The molecule has 0 spiro atoms. The first-order chi connectivity index (χ1) is 15.3. The molecule has 0 bridgehead atoms. The minimum Gasteiger partial charge on any atom is -0.497 e. The van der Waals surface area contributed by atoms with Gasteiger partial charge in [-0.05, 0) is 73.1 Å². The molecule has 1 aliphatic carbocycles. The van der Waals surface area contributed by atoms with E-state index in [1.807, 2.05) is 0 Å². The van der Waals surface area contributed by atoms with Gasteiger partial charge in [-0.25, -0.2) is 9.69 Å². The molecule has 0 unspecified atom stereocenters. The van der Waals surface area contributed by atoms with E-state index >= 15 is 0 Å². The van der Waals surface area contributed by atoms with Crippen molar-refractivity contribution in [2.75, 3.05) is 12.0 Å². The molecule has 1 fully saturated rings. The molecule has 0 N–H and O–H groups in total. The van der Waals surface area contributed by atoms with Crippen LogP contribution in [0.25, 0.3) is 0 Å². The summed E-state index contributed by atoms with van der Waals surface area (Å²) in [6.45, 7) is 6.51. The quantitative estimate of drug-likeness (QED) is 0.482. The first-order valence-corrected chi connectivity index (χ1v) is 11.2. The molecule has 168 valence electrons. The van der Waals surface area contributed by atoms with Gasteiger partial charge in [0.15, 0.2) is 0 Å². The molecule has 6 nitrogen and oxygen atoms in total. The van der Waals surface area contributed by atoms with Crippen LogP contribution in [0.15, 0.2) is 42.5 Å². The number of fused-ring (bicyclic) bond motifs is 1. The number of hydrogen-bond acceptors (Lipinski definition) is 5. The van der Waals surface area contributed by atoms with E-state index in [0.29, 0.717) is 34.8 Å². The summed E-state index contributed by atoms with van der Waals surface area (Å²) in [5.41, 5.74) is 1.26. The van der Waals surface area contributed by atoms with Gasteiger partial charge in [0.05, 0.1) is 29.5 Å². The molecular weight excluding hydrogens is 406 g/mol. The van der Waals surface area contributed by atoms with Crippen molar-refractivity contribution in [1.29, 1.82) is 0 Å². The molecule has 1 aliphatic heterocycles. The monoisotopic (exact) mass is 435 g/mol. The van der Waals surface area contributed by atoms with Crippen LogP contribution in [0, 0.1) is 17.8 Å². The molecule has 2 aromatic rings. The minimum absolute atomic E-state index is 0.132. The van der Waals surface area contributed by atoms with Gasteiger partial charge in [0.1, 0.15) is 11.9 Å². The lowest BCUT2D eigenvalue weighted by molar-refractivity contribution is -0.0174. The summed E-state index contributed by atoms with van der Waals surface area (Å²) < 4.78 is 11.1. The van der Waals surface area contributed by atoms with E-state index in [-0.39, 0.29) is 17.2 Å². The second-order valence-electron chi connectivity index (χ2n) is 9.17. The number of anilines is 1. The Labute approximate surface area is 188 Å². The molecule has 2 aliphatic rings. The second-order valence-corrected chi connectivity index (χ2v) is 9.17. The number of hydrogen-bond donors (Lipinski definition) is 0. The van der Waals surface area contributed by atoms with Gasteiger partial charge >= 0.3 is 5.97 Å². The van der Waals surface area contributed by atoms with Crippen molar-refractivity contribution in [3.8, 4) is 5.75 Å². The van der Waals surface area contributed by atoms with Gasteiger partial charge in [-0.2, -0.15) is 0 Å². The van der Waals surface area contributed by atoms with Gasteiger partial charge in [-0.1, -0.05) is 27.2 Å². The predicted molar refractivity (Wildman–Crippen MR) is 121 cm³/mol. The highest BCUT2D eigenvalue weighted by molar-refractivity contribution is 6.34. The Bertz CT molecular complexity index is 1040. The Morgan fingerprint density at radius 2 is 1.69 bits per heavy atom. The molecule has 4 rings (SSSR count). The highest BCUT2D eigenvalue weighted by Crippen LogP contribution is 2.36. The Kier molecular flexibility index (Phi) is 6.04. The second kappa shape index (κ2) is 8.77. The van der Waals surface area contributed by atoms with Crippen LogP contribution in [0.4, 0.5) is 5.69 Å². The number of carbonyl (C=O) groups is 3. The molecule has 1 saturated carbocycles. The average Bonchev–Trinajstić information content (AvgIpc) is 3.03. The van der Waals surface area contributed by atoms with Crippen LogP contribution in [-0.4, -0.2) is 31.0 Å². The Hall–Kier alpha value is -3.15. The topological polar surface area (TPSA) is 72.9 Å². The molecule has 0 saturated heterocycles. The van der Waals surface area contributed by atoms with Gasteiger partial charge < -0.3 is 9.47 Å². The van der Waals surface area contributed by atoms with Gasteiger partial charge in [-0.15, -0.1) is 0 Å². The van der Waals surface area contributed by atoms with Gasteiger partial charge in [0.25, 0.3) is 11.8 Å². The zero-order chi connectivity index (χ0) is 23.0. The molecular formula is C26H29NO5. The number of amides is 2. The Morgan fingerprint density at radius 3 is 2.34 bits per heavy atom. The van der Waals surface area contributed by atoms with E-state index in [0.717, 1.165) is 24.2 Å². The van der Waals surface area contributed by atoms with Crippen LogP contribution in [0.3, 0.4) is 0 Å². The minimum atomic E-state index is -0.448. The Balaban J connectivity index is 1.56. The van der Waals surface area contributed by atoms with Gasteiger partial charge in [-0.3, -0.25) is 9.59 Å². The smallest absolute Gasteiger partial charge is 0.338 e. The van der Waals surface area contributed by atoms with Crippen molar-refractivity contribution in [2.45, 2.75) is 46.1 Å². The normalized spacial score (nSPS) is 22.8. The fourth-order valence-corrected chi connectivity index (χ4v) is 4.79. The fraction of sp³-hybridized carbons (Fsp3) is 0.423. The number of rotatable bonds is 5. The average molecular weight is 436 g/mol. The third-order valence-corrected chi connectivity index (χ3v) is 6.67. The first-order valence-electron chi connectivity index (χ1n) is 11.2. The maximum absolute atomic E-state index is 13.0. The van der Waals surface area contributed by atoms with Crippen molar-refractivity contribution >= 4 is 23.5 Å². The summed E-state index contributed by atoms with van der Waals surface area (Å²) >= 11 is 0. The number of carbonyl (C=O) groups excluding carboxylic acids is 3. The predicted octanol–water partition coefficient (Wildman–Crippen LogP) is 5.11. The van der Waals surface area contributed by atoms with Gasteiger partial charge in [0, 0.05) is 0 Å². The van der Waals surface area contributed by atoms with E-state index in [1.54, 1.807) is 43.5 Å². The van der Waals surface area contributed by atoms with Crippen LogP contribution in [-0.2, 0) is 4.74 Å². The summed E-state index contributed by atoms with van der Waals surface area (Å²) in [5.74, 6) is 0.607. The van der Waals surface area contributed by atoms with Crippen molar-refractivity contribution in [3.63, 3.8) is 0 Å². The van der Waals surface area contributed by atoms with E-state index in [4.69, 9.17) is 9.47 Å². The highest BCUT2D eigenvalue weighted by Gasteiger charge is 2.38. The molecule has 1 heterocycles. The highest BCUT2D eigenvalue weighted by atomic mass is 16.5. The SMILES string of the molecule is COc1ccc(N2C(=O)c3ccc(C(=O)O[C@H]4C[C@H](C)CC[C@@H]4C(C)C)cc3C2=O)cc1.